The van der Waals surface area contributed by atoms with Gasteiger partial charge in [-0.25, -0.2) is 4.79 Å². The van der Waals surface area contributed by atoms with Gasteiger partial charge in [-0.15, -0.1) is 0 Å². The first-order valence-electron chi connectivity index (χ1n) is 9.62. The summed E-state index contributed by atoms with van der Waals surface area (Å²) in [5, 5.41) is 20.9. The highest BCUT2D eigenvalue weighted by atomic mass is 16.5. The maximum absolute atomic E-state index is 12.8. The summed E-state index contributed by atoms with van der Waals surface area (Å²) in [5.74, 6) is -0.699. The number of hydrogen-bond donors (Lipinski definition) is 2. The second-order valence-electron chi connectivity index (χ2n) is 8.12. The minimum Gasteiger partial charge on any atom is -0.507 e. The topological polar surface area (TPSA) is 93.1 Å². The summed E-state index contributed by atoms with van der Waals surface area (Å²) in [7, 11) is 0. The molecule has 0 aliphatic heterocycles. The highest BCUT2D eigenvalue weighted by molar-refractivity contribution is 6.11. The molecule has 6 nitrogen and oxygen atoms in total. The van der Waals surface area contributed by atoms with Crippen LogP contribution in [-0.4, -0.2) is 41.3 Å². The number of ketones is 1. The Morgan fingerprint density at radius 2 is 1.70 bits per heavy atom. The number of ether oxygens (including phenoxy) is 2. The van der Waals surface area contributed by atoms with Crippen molar-refractivity contribution in [3.8, 4) is 11.5 Å². The van der Waals surface area contributed by atoms with Crippen molar-refractivity contribution in [2.45, 2.75) is 39.2 Å². The van der Waals surface area contributed by atoms with Crippen molar-refractivity contribution in [2.24, 2.45) is 0 Å². The molecule has 0 fully saturated rings. The zero-order valence-electron chi connectivity index (χ0n) is 17.8. The Bertz CT molecular complexity index is 925. The Labute approximate surface area is 176 Å². The number of esters is 1. The number of rotatable bonds is 8. The summed E-state index contributed by atoms with van der Waals surface area (Å²) in [6.45, 7) is 10.3. The third-order valence-electron chi connectivity index (χ3n) is 4.36. The minimum atomic E-state index is -1.06. The van der Waals surface area contributed by atoms with Crippen LogP contribution in [0.5, 0.6) is 11.5 Å². The normalized spacial score (nSPS) is 12.2. The van der Waals surface area contributed by atoms with Crippen LogP contribution in [0.25, 0.3) is 0 Å². The highest BCUT2D eigenvalue weighted by Gasteiger charge is 2.28. The maximum atomic E-state index is 12.8. The van der Waals surface area contributed by atoms with Gasteiger partial charge >= 0.3 is 5.97 Å². The molecule has 2 N–H and O–H groups in total. The number of phenolic OH excluding ortho intramolecular Hbond substituents is 1. The van der Waals surface area contributed by atoms with Crippen molar-refractivity contribution >= 4 is 11.8 Å². The van der Waals surface area contributed by atoms with Gasteiger partial charge in [0.1, 0.15) is 30.8 Å². The van der Waals surface area contributed by atoms with Gasteiger partial charge in [0.05, 0.1) is 5.56 Å². The van der Waals surface area contributed by atoms with Gasteiger partial charge in [-0.3, -0.25) is 4.79 Å². The monoisotopic (exact) mass is 412 g/mol. The molecule has 1 atom stereocenters. The smallest absolute Gasteiger partial charge is 0.333 e. The molecule has 6 heteroatoms. The van der Waals surface area contributed by atoms with Gasteiger partial charge in [0.25, 0.3) is 0 Å². The van der Waals surface area contributed by atoms with E-state index in [9.17, 15) is 19.8 Å². The Balaban J connectivity index is 2.24. The molecule has 0 heterocycles. The largest absolute Gasteiger partial charge is 0.507 e. The molecule has 30 heavy (non-hydrogen) atoms. The highest BCUT2D eigenvalue weighted by Crippen LogP contribution is 2.41. The number of aliphatic hydroxyl groups is 1. The third kappa shape index (κ3) is 5.70. The Morgan fingerprint density at radius 3 is 2.27 bits per heavy atom. The van der Waals surface area contributed by atoms with Gasteiger partial charge in [-0.2, -0.15) is 0 Å². The van der Waals surface area contributed by atoms with Gasteiger partial charge in [0.2, 0.25) is 0 Å². The molecule has 0 spiro atoms. The van der Waals surface area contributed by atoms with Crippen molar-refractivity contribution in [1.29, 1.82) is 0 Å². The molecule has 0 saturated heterocycles. The molecule has 1 unspecified atom stereocenters. The number of aromatic hydroxyl groups is 1. The van der Waals surface area contributed by atoms with Gasteiger partial charge in [0, 0.05) is 16.7 Å². The predicted molar refractivity (Wildman–Crippen MR) is 114 cm³/mol. The van der Waals surface area contributed by atoms with E-state index in [1.165, 1.54) is 13.0 Å². The Morgan fingerprint density at radius 1 is 1.07 bits per heavy atom. The van der Waals surface area contributed by atoms with Crippen LogP contribution in [0.3, 0.4) is 0 Å². The molecule has 2 rings (SSSR count). The Kier molecular flexibility index (Phi) is 7.40. The van der Waals surface area contributed by atoms with E-state index in [0.29, 0.717) is 16.9 Å². The molecular weight excluding hydrogens is 384 g/mol. The van der Waals surface area contributed by atoms with Crippen LogP contribution in [0.4, 0.5) is 0 Å². The average molecular weight is 412 g/mol. The summed E-state index contributed by atoms with van der Waals surface area (Å²) < 4.78 is 10.6. The molecule has 0 saturated carbocycles. The maximum Gasteiger partial charge on any atom is 0.333 e. The fourth-order valence-corrected chi connectivity index (χ4v) is 2.88. The predicted octanol–water partition coefficient (Wildman–Crippen LogP) is 3.78. The summed E-state index contributed by atoms with van der Waals surface area (Å²) >= 11 is 0. The van der Waals surface area contributed by atoms with E-state index in [2.05, 4.69) is 6.58 Å². The molecule has 0 radical (unpaired) electrons. The second-order valence-corrected chi connectivity index (χ2v) is 8.12. The lowest BCUT2D eigenvalue weighted by Gasteiger charge is -2.25. The van der Waals surface area contributed by atoms with E-state index in [0.717, 1.165) is 0 Å². The molecule has 2 aromatic carbocycles. The van der Waals surface area contributed by atoms with Crippen molar-refractivity contribution in [3.63, 3.8) is 0 Å². The first-order chi connectivity index (χ1) is 14.0. The number of benzene rings is 2. The Hall–Kier alpha value is -3.12. The van der Waals surface area contributed by atoms with E-state index >= 15 is 0 Å². The lowest BCUT2D eigenvalue weighted by atomic mass is 9.83. The summed E-state index contributed by atoms with van der Waals surface area (Å²) in [6, 6.07) is 11.8. The minimum absolute atomic E-state index is 0.155. The lowest BCUT2D eigenvalue weighted by Crippen LogP contribution is -2.26. The molecule has 0 bridgehead atoms. The van der Waals surface area contributed by atoms with Gasteiger partial charge in [-0.1, -0.05) is 57.7 Å². The van der Waals surface area contributed by atoms with Gasteiger partial charge < -0.3 is 19.7 Å². The van der Waals surface area contributed by atoms with Crippen LogP contribution < -0.4 is 4.74 Å². The van der Waals surface area contributed by atoms with E-state index in [4.69, 9.17) is 9.47 Å². The molecular formula is C24H28O6. The lowest BCUT2D eigenvalue weighted by molar-refractivity contribution is -0.142. The third-order valence-corrected chi connectivity index (χ3v) is 4.36. The average Bonchev–Trinajstić information content (AvgIpc) is 2.69. The van der Waals surface area contributed by atoms with Crippen LogP contribution in [0, 0.1) is 0 Å². The number of aliphatic hydroxyl groups excluding tert-OH is 1. The number of carbonyl (C=O) groups is 2. The standard InChI is InChI=1S/C24H28O6/c1-15(2)23(28)30-14-17(25)13-29-19-12-11-18(22(27)20(19)24(3,4)5)21(26)16-9-7-6-8-10-16/h6-12,17,25,27H,1,13-14H2,2-5H3. The molecule has 0 amide bonds. The zero-order chi connectivity index (χ0) is 22.5. The number of hydrogen-bond acceptors (Lipinski definition) is 6. The van der Waals surface area contributed by atoms with Crippen molar-refractivity contribution < 1.29 is 29.3 Å². The van der Waals surface area contributed by atoms with Crippen molar-refractivity contribution in [3.05, 3.63) is 71.3 Å². The molecule has 0 aromatic heterocycles. The van der Waals surface area contributed by atoms with Crippen molar-refractivity contribution in [2.75, 3.05) is 13.2 Å². The van der Waals surface area contributed by atoms with E-state index in [1.807, 2.05) is 26.8 Å². The van der Waals surface area contributed by atoms with E-state index in [-0.39, 0.29) is 35.9 Å². The summed E-state index contributed by atoms with van der Waals surface area (Å²) in [6.07, 6.45) is -1.06. The van der Waals surface area contributed by atoms with Crippen LogP contribution in [0.15, 0.2) is 54.6 Å². The second kappa shape index (κ2) is 9.59. The summed E-state index contributed by atoms with van der Waals surface area (Å²) in [5.41, 5.74) is 0.798. The SMILES string of the molecule is C=C(C)C(=O)OCC(O)COc1ccc(C(=O)c2ccccc2)c(O)c1C(C)(C)C. The summed E-state index contributed by atoms with van der Waals surface area (Å²) in [4.78, 5) is 24.3. The molecule has 2 aromatic rings. The molecule has 160 valence electrons. The van der Waals surface area contributed by atoms with Gasteiger partial charge in [-0.05, 0) is 24.5 Å². The quantitative estimate of drug-likeness (QED) is 0.389. The zero-order valence-corrected chi connectivity index (χ0v) is 17.8. The number of phenols is 1. The van der Waals surface area contributed by atoms with E-state index < -0.39 is 17.5 Å². The van der Waals surface area contributed by atoms with Crippen LogP contribution in [-0.2, 0) is 14.9 Å². The molecule has 0 aliphatic carbocycles. The number of carbonyl (C=O) groups excluding carboxylic acids is 2. The first-order valence-corrected chi connectivity index (χ1v) is 9.62. The van der Waals surface area contributed by atoms with Crippen LogP contribution in [0.2, 0.25) is 0 Å². The van der Waals surface area contributed by atoms with Gasteiger partial charge in [0.15, 0.2) is 5.78 Å². The van der Waals surface area contributed by atoms with Crippen LogP contribution in [0.1, 0.15) is 49.2 Å². The fraction of sp³-hybridized carbons (Fsp3) is 0.333. The fourth-order valence-electron chi connectivity index (χ4n) is 2.88. The molecule has 0 aliphatic rings. The van der Waals surface area contributed by atoms with E-state index in [1.54, 1.807) is 30.3 Å². The van der Waals surface area contributed by atoms with Crippen molar-refractivity contribution in [1.82, 2.24) is 0 Å². The first kappa shape index (κ1) is 23.2. The van der Waals surface area contributed by atoms with Crippen LogP contribution >= 0.6 is 0 Å².